The Bertz CT molecular complexity index is 741. The van der Waals surface area contributed by atoms with Crippen LogP contribution in [0.2, 0.25) is 5.02 Å². The highest BCUT2D eigenvalue weighted by Gasteiger charge is 2.19. The van der Waals surface area contributed by atoms with Gasteiger partial charge in [0.25, 0.3) is 0 Å². The highest BCUT2D eigenvalue weighted by Crippen LogP contribution is 2.32. The molecule has 0 spiro atoms. The molecule has 2 aromatic rings. The van der Waals surface area contributed by atoms with Crippen molar-refractivity contribution in [3.63, 3.8) is 0 Å². The molecular formula is C19H26Cl2N4O. The number of anilines is 1. The molecule has 1 fully saturated rings. The van der Waals surface area contributed by atoms with Gasteiger partial charge in [0.15, 0.2) is 0 Å². The summed E-state index contributed by atoms with van der Waals surface area (Å²) in [6.45, 7) is 4.02. The van der Waals surface area contributed by atoms with Gasteiger partial charge in [-0.2, -0.15) is 0 Å². The van der Waals surface area contributed by atoms with E-state index in [1.54, 1.807) is 13.2 Å². The fraction of sp³-hybridized carbons (Fsp3) is 0.474. The maximum Gasteiger partial charge on any atom is 0.222 e. The summed E-state index contributed by atoms with van der Waals surface area (Å²) in [7, 11) is 3.82. The summed E-state index contributed by atoms with van der Waals surface area (Å²) >= 11 is 6.38. The number of aromatic nitrogens is 2. The summed E-state index contributed by atoms with van der Waals surface area (Å²) in [5.41, 5.74) is 2.76. The molecular weight excluding hydrogens is 371 g/mol. The van der Waals surface area contributed by atoms with Crippen LogP contribution in [0.1, 0.15) is 25.0 Å². The van der Waals surface area contributed by atoms with Crippen molar-refractivity contribution in [2.24, 2.45) is 0 Å². The highest BCUT2D eigenvalue weighted by atomic mass is 35.5. The quantitative estimate of drug-likeness (QED) is 0.809. The standard InChI is InChI=1S/C19H25ClN4O.ClH/c1-13-17(16-8-7-15(25-3)10-18(16)20)12-22-19(23-13)21-11-14-6-4-5-9-24(14)2;/h7-8,10,12,14H,4-6,9,11H2,1-3H3,(H,21,22,23);1H. The third-order valence-electron chi connectivity index (χ3n) is 4.86. The lowest BCUT2D eigenvalue weighted by atomic mass is 10.0. The molecule has 0 amide bonds. The average Bonchev–Trinajstić information content (AvgIpc) is 2.61. The fourth-order valence-corrected chi connectivity index (χ4v) is 3.54. The predicted octanol–water partition coefficient (Wildman–Crippen LogP) is 4.43. The molecule has 7 heteroatoms. The van der Waals surface area contributed by atoms with Gasteiger partial charge in [0.2, 0.25) is 5.95 Å². The van der Waals surface area contributed by atoms with Crippen LogP contribution in [0.3, 0.4) is 0 Å². The van der Waals surface area contributed by atoms with Crippen molar-refractivity contribution in [3.05, 3.63) is 35.1 Å². The lowest BCUT2D eigenvalue weighted by Gasteiger charge is -2.32. The number of likely N-dealkylation sites (tertiary alicyclic amines) is 1. The number of ether oxygens (including phenoxy) is 1. The van der Waals surface area contributed by atoms with Crippen LogP contribution in [0.5, 0.6) is 5.75 Å². The molecule has 1 aliphatic heterocycles. The Labute approximate surface area is 166 Å². The molecule has 1 unspecified atom stereocenters. The second kappa shape index (κ2) is 9.40. The van der Waals surface area contributed by atoms with Crippen molar-refractivity contribution in [1.82, 2.24) is 14.9 Å². The zero-order valence-electron chi connectivity index (χ0n) is 15.5. The van der Waals surface area contributed by atoms with Crippen molar-refractivity contribution in [2.45, 2.75) is 32.2 Å². The van der Waals surface area contributed by atoms with Gasteiger partial charge in [0, 0.05) is 29.9 Å². The number of rotatable bonds is 5. The first-order chi connectivity index (χ1) is 12.1. The Kier molecular flexibility index (Phi) is 7.50. The molecule has 1 N–H and O–H groups in total. The van der Waals surface area contributed by atoms with E-state index in [4.69, 9.17) is 16.3 Å². The molecule has 1 aromatic heterocycles. The van der Waals surface area contributed by atoms with Gasteiger partial charge in [-0.3, -0.25) is 0 Å². The number of likely N-dealkylation sites (N-methyl/N-ethyl adjacent to an activating group) is 1. The number of methoxy groups -OCH3 is 1. The van der Waals surface area contributed by atoms with Crippen LogP contribution in [0.15, 0.2) is 24.4 Å². The molecule has 5 nitrogen and oxygen atoms in total. The average molecular weight is 397 g/mol. The molecule has 0 saturated carbocycles. The number of halogens is 2. The zero-order valence-corrected chi connectivity index (χ0v) is 17.0. The Morgan fingerprint density at radius 3 is 2.77 bits per heavy atom. The number of nitrogens with one attached hydrogen (secondary N) is 1. The Hall–Kier alpha value is -1.56. The Morgan fingerprint density at radius 2 is 2.12 bits per heavy atom. The van der Waals surface area contributed by atoms with Crippen molar-refractivity contribution in [3.8, 4) is 16.9 Å². The van der Waals surface area contributed by atoms with Crippen LogP contribution in [0, 0.1) is 6.92 Å². The summed E-state index contributed by atoms with van der Waals surface area (Å²) in [6.07, 6.45) is 5.65. The van der Waals surface area contributed by atoms with Gasteiger partial charge in [-0.05, 0) is 51.6 Å². The first-order valence-electron chi connectivity index (χ1n) is 8.70. The molecule has 0 bridgehead atoms. The van der Waals surface area contributed by atoms with Gasteiger partial charge >= 0.3 is 0 Å². The largest absolute Gasteiger partial charge is 0.497 e. The van der Waals surface area contributed by atoms with E-state index < -0.39 is 0 Å². The highest BCUT2D eigenvalue weighted by molar-refractivity contribution is 6.33. The molecule has 1 saturated heterocycles. The van der Waals surface area contributed by atoms with E-state index in [1.807, 2.05) is 25.3 Å². The molecule has 2 heterocycles. The summed E-state index contributed by atoms with van der Waals surface area (Å²) in [4.78, 5) is 11.5. The normalized spacial score (nSPS) is 17.5. The van der Waals surface area contributed by atoms with Gasteiger partial charge in [0.1, 0.15) is 5.75 Å². The minimum atomic E-state index is 0. The summed E-state index contributed by atoms with van der Waals surface area (Å²) < 4.78 is 5.20. The van der Waals surface area contributed by atoms with Crippen molar-refractivity contribution in [2.75, 3.05) is 32.6 Å². The molecule has 0 aliphatic carbocycles. The van der Waals surface area contributed by atoms with Crippen molar-refractivity contribution in [1.29, 1.82) is 0 Å². The predicted molar refractivity (Wildman–Crippen MR) is 110 cm³/mol. The molecule has 142 valence electrons. The van der Waals surface area contributed by atoms with Crippen LogP contribution in [0.25, 0.3) is 11.1 Å². The third-order valence-corrected chi connectivity index (χ3v) is 5.18. The van der Waals surface area contributed by atoms with Gasteiger partial charge in [-0.15, -0.1) is 12.4 Å². The van der Waals surface area contributed by atoms with E-state index in [2.05, 4.69) is 27.2 Å². The van der Waals surface area contributed by atoms with Crippen LogP contribution in [-0.4, -0.2) is 48.2 Å². The molecule has 0 radical (unpaired) electrons. The maximum absolute atomic E-state index is 6.38. The fourth-order valence-electron chi connectivity index (χ4n) is 3.27. The molecule has 1 aromatic carbocycles. The van der Waals surface area contributed by atoms with Gasteiger partial charge in [-0.1, -0.05) is 18.0 Å². The lowest BCUT2D eigenvalue weighted by Crippen LogP contribution is -2.41. The van der Waals surface area contributed by atoms with E-state index in [-0.39, 0.29) is 12.4 Å². The molecule has 3 rings (SSSR count). The molecule has 1 atom stereocenters. The first kappa shape index (κ1) is 20.7. The van der Waals surface area contributed by atoms with E-state index in [0.717, 1.165) is 29.1 Å². The molecule has 26 heavy (non-hydrogen) atoms. The van der Waals surface area contributed by atoms with Gasteiger partial charge in [0.05, 0.1) is 17.8 Å². The van der Waals surface area contributed by atoms with Crippen molar-refractivity contribution < 1.29 is 4.74 Å². The summed E-state index contributed by atoms with van der Waals surface area (Å²) in [5.74, 6) is 1.41. The second-order valence-electron chi connectivity index (χ2n) is 6.55. The van der Waals surface area contributed by atoms with Gasteiger partial charge in [-0.25, -0.2) is 9.97 Å². The maximum atomic E-state index is 6.38. The first-order valence-corrected chi connectivity index (χ1v) is 9.08. The minimum absolute atomic E-state index is 0. The van der Waals surface area contributed by atoms with E-state index in [9.17, 15) is 0 Å². The van der Waals surface area contributed by atoms with E-state index >= 15 is 0 Å². The third kappa shape index (κ3) is 4.78. The Morgan fingerprint density at radius 1 is 1.31 bits per heavy atom. The number of benzene rings is 1. The number of hydrogen-bond donors (Lipinski definition) is 1. The summed E-state index contributed by atoms with van der Waals surface area (Å²) in [5, 5.41) is 4.02. The molecule has 1 aliphatic rings. The van der Waals surface area contributed by atoms with E-state index in [1.165, 1.54) is 25.8 Å². The van der Waals surface area contributed by atoms with Crippen LogP contribution in [0.4, 0.5) is 5.95 Å². The van der Waals surface area contributed by atoms with Crippen molar-refractivity contribution >= 4 is 30.0 Å². The van der Waals surface area contributed by atoms with Crippen LogP contribution in [-0.2, 0) is 0 Å². The van der Waals surface area contributed by atoms with Crippen LogP contribution < -0.4 is 10.1 Å². The topological polar surface area (TPSA) is 50.3 Å². The SMILES string of the molecule is COc1ccc(-c2cnc(NCC3CCCCN3C)nc2C)c(Cl)c1.Cl. The Balaban J connectivity index is 0.00000243. The summed E-state index contributed by atoms with van der Waals surface area (Å²) in [6, 6.07) is 6.19. The van der Waals surface area contributed by atoms with Gasteiger partial charge < -0.3 is 15.0 Å². The monoisotopic (exact) mass is 396 g/mol. The minimum Gasteiger partial charge on any atom is -0.497 e. The number of hydrogen-bond acceptors (Lipinski definition) is 5. The number of aryl methyl sites for hydroxylation is 1. The van der Waals surface area contributed by atoms with Crippen LogP contribution >= 0.6 is 24.0 Å². The van der Waals surface area contributed by atoms with E-state index in [0.29, 0.717) is 17.0 Å². The smallest absolute Gasteiger partial charge is 0.222 e. The number of piperidine rings is 1. The lowest BCUT2D eigenvalue weighted by molar-refractivity contribution is 0.194. The zero-order chi connectivity index (χ0) is 17.8. The second-order valence-corrected chi connectivity index (χ2v) is 6.96. The number of nitrogens with zero attached hydrogens (tertiary/aromatic N) is 3.